The molecule has 2 N–H and O–H groups in total. The Morgan fingerprint density at radius 2 is 2.06 bits per heavy atom. The summed E-state index contributed by atoms with van der Waals surface area (Å²) < 4.78 is 13.7. The summed E-state index contributed by atoms with van der Waals surface area (Å²) in [6, 6.07) is 4.59. The van der Waals surface area contributed by atoms with E-state index >= 15 is 0 Å². The SMILES string of the molecule is CCN(CC)CC(O)CNc1ccc(F)cc1I. The van der Waals surface area contributed by atoms with Crippen molar-refractivity contribution in [3.05, 3.63) is 27.6 Å². The van der Waals surface area contributed by atoms with E-state index in [-0.39, 0.29) is 5.82 Å². The Morgan fingerprint density at radius 1 is 1.39 bits per heavy atom. The van der Waals surface area contributed by atoms with Crippen LogP contribution >= 0.6 is 22.6 Å². The summed E-state index contributed by atoms with van der Waals surface area (Å²) in [6.07, 6.45) is -0.425. The third kappa shape index (κ3) is 5.07. The van der Waals surface area contributed by atoms with Gasteiger partial charge in [-0.15, -0.1) is 0 Å². The summed E-state index contributed by atoms with van der Waals surface area (Å²) in [6.45, 7) is 7.14. The van der Waals surface area contributed by atoms with Crippen LogP contribution in [0.25, 0.3) is 0 Å². The van der Waals surface area contributed by atoms with Gasteiger partial charge in [-0.3, -0.25) is 0 Å². The molecule has 1 unspecified atom stereocenters. The second-order valence-electron chi connectivity index (χ2n) is 4.14. The Balaban J connectivity index is 2.44. The molecule has 0 aliphatic rings. The fourth-order valence-corrected chi connectivity index (χ4v) is 2.37. The topological polar surface area (TPSA) is 35.5 Å². The van der Waals surface area contributed by atoms with Crippen molar-refractivity contribution in [2.75, 3.05) is 31.5 Å². The van der Waals surface area contributed by atoms with Crippen molar-refractivity contribution >= 4 is 28.3 Å². The maximum absolute atomic E-state index is 12.9. The number of benzene rings is 1. The van der Waals surface area contributed by atoms with E-state index in [1.54, 1.807) is 6.07 Å². The molecule has 0 heterocycles. The second-order valence-corrected chi connectivity index (χ2v) is 5.31. The van der Waals surface area contributed by atoms with Crippen LogP contribution in [0.4, 0.5) is 10.1 Å². The molecular weight excluding hydrogens is 346 g/mol. The Hall–Kier alpha value is -0.400. The van der Waals surface area contributed by atoms with Gasteiger partial charge in [0.25, 0.3) is 0 Å². The minimum atomic E-state index is -0.425. The molecule has 5 heteroatoms. The molecule has 0 fully saturated rings. The van der Waals surface area contributed by atoms with Crippen molar-refractivity contribution in [2.24, 2.45) is 0 Å². The molecule has 0 spiro atoms. The van der Waals surface area contributed by atoms with Gasteiger partial charge in [0.05, 0.1) is 6.10 Å². The minimum Gasteiger partial charge on any atom is -0.390 e. The highest BCUT2D eigenvalue weighted by Crippen LogP contribution is 2.18. The highest BCUT2D eigenvalue weighted by Gasteiger charge is 2.09. The maximum Gasteiger partial charge on any atom is 0.124 e. The van der Waals surface area contributed by atoms with Crippen molar-refractivity contribution in [3.63, 3.8) is 0 Å². The summed E-state index contributed by atoms with van der Waals surface area (Å²) in [4.78, 5) is 2.17. The monoisotopic (exact) mass is 366 g/mol. The van der Waals surface area contributed by atoms with Crippen molar-refractivity contribution in [1.29, 1.82) is 0 Å². The van der Waals surface area contributed by atoms with Gasteiger partial charge < -0.3 is 15.3 Å². The zero-order chi connectivity index (χ0) is 13.5. The molecule has 1 aromatic rings. The van der Waals surface area contributed by atoms with E-state index < -0.39 is 6.10 Å². The van der Waals surface area contributed by atoms with Crippen LogP contribution in [0, 0.1) is 9.39 Å². The van der Waals surface area contributed by atoms with E-state index in [2.05, 4.69) is 46.7 Å². The number of hydrogen-bond acceptors (Lipinski definition) is 3. The third-order valence-corrected chi connectivity index (χ3v) is 3.72. The largest absolute Gasteiger partial charge is 0.390 e. The number of hydrogen-bond donors (Lipinski definition) is 2. The van der Waals surface area contributed by atoms with Crippen LogP contribution in [0.1, 0.15) is 13.8 Å². The van der Waals surface area contributed by atoms with Crippen LogP contribution < -0.4 is 5.32 Å². The number of likely N-dealkylation sites (N-methyl/N-ethyl adjacent to an activating group) is 1. The van der Waals surface area contributed by atoms with Gasteiger partial charge in [0.2, 0.25) is 0 Å². The summed E-state index contributed by atoms with van der Waals surface area (Å²) in [5, 5.41) is 13.1. The quantitative estimate of drug-likeness (QED) is 0.729. The van der Waals surface area contributed by atoms with Crippen LogP contribution in [0.15, 0.2) is 18.2 Å². The number of aliphatic hydroxyl groups excluding tert-OH is 1. The van der Waals surface area contributed by atoms with Crippen LogP contribution in [-0.2, 0) is 0 Å². The van der Waals surface area contributed by atoms with E-state index in [9.17, 15) is 9.50 Å². The average Bonchev–Trinajstić information content (AvgIpc) is 2.35. The lowest BCUT2D eigenvalue weighted by molar-refractivity contribution is 0.128. The molecule has 1 aromatic carbocycles. The predicted octanol–water partition coefficient (Wildman–Crippen LogP) is 2.54. The Kier molecular flexibility index (Phi) is 6.88. The van der Waals surface area contributed by atoms with E-state index in [1.807, 2.05) is 0 Å². The third-order valence-electron chi connectivity index (χ3n) is 2.82. The summed E-state index contributed by atoms with van der Waals surface area (Å²) in [5.74, 6) is -0.242. The van der Waals surface area contributed by atoms with Gasteiger partial charge in [0.15, 0.2) is 0 Å². The van der Waals surface area contributed by atoms with E-state index in [1.165, 1.54) is 12.1 Å². The fourth-order valence-electron chi connectivity index (χ4n) is 1.71. The molecule has 1 rings (SSSR count). The number of halogens is 2. The Bertz CT molecular complexity index is 372. The molecule has 0 aliphatic heterocycles. The molecule has 0 radical (unpaired) electrons. The van der Waals surface area contributed by atoms with Gasteiger partial charge in [-0.2, -0.15) is 0 Å². The normalized spacial score (nSPS) is 12.8. The Labute approximate surface area is 122 Å². The van der Waals surface area contributed by atoms with Gasteiger partial charge in [-0.05, 0) is 53.9 Å². The molecule has 18 heavy (non-hydrogen) atoms. The first-order valence-corrected chi connectivity index (χ1v) is 7.24. The lowest BCUT2D eigenvalue weighted by Crippen LogP contribution is -2.36. The second kappa shape index (κ2) is 7.91. The minimum absolute atomic E-state index is 0.242. The zero-order valence-electron chi connectivity index (χ0n) is 10.8. The van der Waals surface area contributed by atoms with Gasteiger partial charge in [0.1, 0.15) is 5.82 Å². The van der Waals surface area contributed by atoms with Gasteiger partial charge in [-0.1, -0.05) is 13.8 Å². The van der Waals surface area contributed by atoms with Crippen LogP contribution in [0.3, 0.4) is 0 Å². The molecule has 0 amide bonds. The smallest absolute Gasteiger partial charge is 0.124 e. The molecule has 0 bridgehead atoms. The number of nitrogens with one attached hydrogen (secondary N) is 1. The number of aliphatic hydroxyl groups is 1. The van der Waals surface area contributed by atoms with E-state index in [4.69, 9.17) is 0 Å². The van der Waals surface area contributed by atoms with Crippen molar-refractivity contribution < 1.29 is 9.50 Å². The van der Waals surface area contributed by atoms with Crippen molar-refractivity contribution in [1.82, 2.24) is 4.90 Å². The average molecular weight is 366 g/mol. The van der Waals surface area contributed by atoms with Crippen molar-refractivity contribution in [3.8, 4) is 0 Å². The van der Waals surface area contributed by atoms with Gasteiger partial charge >= 0.3 is 0 Å². The maximum atomic E-state index is 12.9. The van der Waals surface area contributed by atoms with Crippen LogP contribution in [0.5, 0.6) is 0 Å². The van der Waals surface area contributed by atoms with Crippen LogP contribution in [0.2, 0.25) is 0 Å². The van der Waals surface area contributed by atoms with Crippen LogP contribution in [-0.4, -0.2) is 42.3 Å². The van der Waals surface area contributed by atoms with Gasteiger partial charge in [-0.25, -0.2) is 4.39 Å². The molecule has 0 aliphatic carbocycles. The first-order valence-electron chi connectivity index (χ1n) is 6.16. The standard InChI is InChI=1S/C13H20FIN2O/c1-3-17(4-2)9-11(18)8-16-13-6-5-10(14)7-12(13)15/h5-7,11,16,18H,3-4,8-9H2,1-2H3. The lowest BCUT2D eigenvalue weighted by atomic mass is 10.2. The Morgan fingerprint density at radius 3 is 2.61 bits per heavy atom. The fraction of sp³-hybridized carbons (Fsp3) is 0.538. The highest BCUT2D eigenvalue weighted by molar-refractivity contribution is 14.1. The van der Waals surface area contributed by atoms with E-state index in [0.717, 1.165) is 22.3 Å². The molecule has 0 saturated carbocycles. The number of rotatable bonds is 7. The predicted molar refractivity (Wildman–Crippen MR) is 81.4 cm³/mol. The molecule has 0 aromatic heterocycles. The molecule has 1 atom stereocenters. The molecular formula is C13H20FIN2O. The first-order chi connectivity index (χ1) is 8.56. The first kappa shape index (κ1) is 15.7. The summed E-state index contributed by atoms with van der Waals surface area (Å²) in [5.41, 5.74) is 0.857. The molecule has 102 valence electrons. The number of nitrogens with zero attached hydrogens (tertiary/aromatic N) is 1. The number of anilines is 1. The molecule has 3 nitrogen and oxygen atoms in total. The lowest BCUT2D eigenvalue weighted by Gasteiger charge is -2.22. The van der Waals surface area contributed by atoms with Gasteiger partial charge in [0, 0.05) is 22.3 Å². The zero-order valence-corrected chi connectivity index (χ0v) is 12.9. The summed E-state index contributed by atoms with van der Waals surface area (Å²) >= 11 is 2.08. The molecule has 0 saturated heterocycles. The van der Waals surface area contributed by atoms with E-state index in [0.29, 0.717) is 13.1 Å². The summed E-state index contributed by atoms with van der Waals surface area (Å²) in [7, 11) is 0. The van der Waals surface area contributed by atoms with Crippen molar-refractivity contribution in [2.45, 2.75) is 20.0 Å². The highest BCUT2D eigenvalue weighted by atomic mass is 127.